The Labute approximate surface area is 112 Å². The van der Waals surface area contributed by atoms with Gasteiger partial charge < -0.3 is 5.32 Å². The van der Waals surface area contributed by atoms with Crippen molar-refractivity contribution in [2.75, 3.05) is 35.4 Å². The van der Waals surface area contributed by atoms with Gasteiger partial charge in [-0.25, -0.2) is 8.42 Å². The summed E-state index contributed by atoms with van der Waals surface area (Å²) in [6.45, 7) is 0.800. The Morgan fingerprint density at radius 1 is 1.35 bits per heavy atom. The molecule has 0 saturated heterocycles. The first-order chi connectivity index (χ1) is 7.97. The van der Waals surface area contributed by atoms with E-state index in [1.165, 1.54) is 6.26 Å². The lowest BCUT2D eigenvalue weighted by Crippen LogP contribution is -2.08. The van der Waals surface area contributed by atoms with Crippen molar-refractivity contribution in [1.82, 2.24) is 0 Å². The molecule has 96 valence electrons. The van der Waals surface area contributed by atoms with Crippen molar-refractivity contribution in [3.05, 3.63) is 29.3 Å². The van der Waals surface area contributed by atoms with E-state index in [1.807, 2.05) is 24.3 Å². The molecule has 0 unspecified atom stereocenters. The van der Waals surface area contributed by atoms with E-state index in [9.17, 15) is 8.42 Å². The minimum absolute atomic E-state index is 0.245. The van der Waals surface area contributed by atoms with Gasteiger partial charge in [0.25, 0.3) is 0 Å². The van der Waals surface area contributed by atoms with E-state index in [-0.39, 0.29) is 5.75 Å². The molecule has 0 fully saturated rings. The Bertz CT molecular complexity index is 449. The molecule has 1 rings (SSSR count). The van der Waals surface area contributed by atoms with E-state index in [2.05, 4.69) is 5.32 Å². The second-order valence-electron chi connectivity index (χ2n) is 3.68. The third-order valence-corrected chi connectivity index (χ3v) is 4.42. The molecule has 0 aliphatic heterocycles. The Balaban J connectivity index is 2.13. The lowest BCUT2D eigenvalue weighted by atomic mass is 10.3. The highest BCUT2D eigenvalue weighted by Gasteiger charge is 2.01. The van der Waals surface area contributed by atoms with Gasteiger partial charge in [0.1, 0.15) is 9.84 Å². The molecule has 0 spiro atoms. The highest BCUT2D eigenvalue weighted by atomic mass is 35.5. The average molecular weight is 294 g/mol. The Morgan fingerprint density at radius 2 is 2.12 bits per heavy atom. The van der Waals surface area contributed by atoms with Gasteiger partial charge in [0.05, 0.1) is 5.75 Å². The molecule has 0 amide bonds. The van der Waals surface area contributed by atoms with Gasteiger partial charge in [0.15, 0.2) is 0 Å². The van der Waals surface area contributed by atoms with Crippen LogP contribution in [0.5, 0.6) is 0 Å². The molecule has 1 aromatic carbocycles. The van der Waals surface area contributed by atoms with E-state index in [1.54, 1.807) is 11.8 Å². The summed E-state index contributed by atoms with van der Waals surface area (Å²) in [5, 5.41) is 3.94. The maximum atomic E-state index is 10.9. The molecule has 1 N–H and O–H groups in total. The Hall–Kier alpha value is -0.390. The SMILES string of the molecule is CS(=O)(=O)CCSCCNc1cccc(Cl)c1. The number of benzene rings is 1. The van der Waals surface area contributed by atoms with Crippen LogP contribution in [-0.2, 0) is 9.84 Å². The first-order valence-corrected chi connectivity index (χ1v) is 8.81. The van der Waals surface area contributed by atoms with Crippen LogP contribution in [-0.4, -0.2) is 38.5 Å². The van der Waals surface area contributed by atoms with Crippen LogP contribution in [0.25, 0.3) is 0 Å². The maximum absolute atomic E-state index is 10.9. The molecule has 0 radical (unpaired) electrons. The van der Waals surface area contributed by atoms with Crippen molar-refractivity contribution in [3.8, 4) is 0 Å². The van der Waals surface area contributed by atoms with Crippen LogP contribution in [0.4, 0.5) is 5.69 Å². The maximum Gasteiger partial charge on any atom is 0.148 e. The zero-order chi connectivity index (χ0) is 12.7. The number of sulfone groups is 1. The standard InChI is InChI=1S/C11H16ClNO2S2/c1-17(14,15)8-7-16-6-5-13-11-4-2-3-10(12)9-11/h2-4,9,13H,5-8H2,1H3. The summed E-state index contributed by atoms with van der Waals surface area (Å²) in [6, 6.07) is 7.53. The monoisotopic (exact) mass is 293 g/mol. The van der Waals surface area contributed by atoms with Crippen LogP contribution in [0.1, 0.15) is 0 Å². The summed E-state index contributed by atoms with van der Waals surface area (Å²) in [5.74, 6) is 1.77. The first-order valence-electron chi connectivity index (χ1n) is 5.22. The van der Waals surface area contributed by atoms with E-state index in [4.69, 9.17) is 11.6 Å². The number of rotatable bonds is 7. The molecular weight excluding hydrogens is 278 g/mol. The molecule has 1 aromatic rings. The van der Waals surface area contributed by atoms with Gasteiger partial charge in [-0.05, 0) is 18.2 Å². The second kappa shape index (κ2) is 7.13. The molecule has 0 atom stereocenters. The number of hydrogen-bond donors (Lipinski definition) is 1. The molecule has 0 aliphatic rings. The molecular formula is C11H16ClNO2S2. The molecule has 0 saturated carbocycles. The fourth-order valence-corrected chi connectivity index (χ4v) is 3.50. The summed E-state index contributed by atoms with van der Waals surface area (Å²) in [7, 11) is -2.83. The molecule has 0 aromatic heterocycles. The fraction of sp³-hybridized carbons (Fsp3) is 0.455. The van der Waals surface area contributed by atoms with Crippen molar-refractivity contribution >= 4 is 38.9 Å². The summed E-state index contributed by atoms with van der Waals surface area (Å²) in [4.78, 5) is 0. The highest BCUT2D eigenvalue weighted by molar-refractivity contribution is 8.00. The lowest BCUT2D eigenvalue weighted by Gasteiger charge is -2.06. The summed E-state index contributed by atoms with van der Waals surface area (Å²) in [6.07, 6.45) is 1.26. The number of anilines is 1. The van der Waals surface area contributed by atoms with E-state index >= 15 is 0 Å². The minimum Gasteiger partial charge on any atom is -0.384 e. The van der Waals surface area contributed by atoms with Crippen LogP contribution in [0.2, 0.25) is 5.02 Å². The first kappa shape index (κ1) is 14.7. The van der Waals surface area contributed by atoms with Gasteiger partial charge in [-0.1, -0.05) is 17.7 Å². The van der Waals surface area contributed by atoms with Crippen LogP contribution >= 0.6 is 23.4 Å². The molecule has 6 heteroatoms. The molecule has 0 heterocycles. The van der Waals surface area contributed by atoms with Gasteiger partial charge in [0.2, 0.25) is 0 Å². The zero-order valence-corrected chi connectivity index (χ0v) is 12.0. The third kappa shape index (κ3) is 7.52. The van der Waals surface area contributed by atoms with Crippen LogP contribution in [0.15, 0.2) is 24.3 Å². The van der Waals surface area contributed by atoms with Crippen LogP contribution in [0, 0.1) is 0 Å². The van der Waals surface area contributed by atoms with Crippen molar-refractivity contribution in [2.45, 2.75) is 0 Å². The summed E-state index contributed by atoms with van der Waals surface area (Å²) >= 11 is 7.47. The van der Waals surface area contributed by atoms with E-state index in [0.29, 0.717) is 10.8 Å². The second-order valence-corrected chi connectivity index (χ2v) is 7.60. The quantitative estimate of drug-likeness (QED) is 0.785. The van der Waals surface area contributed by atoms with Gasteiger partial charge in [0, 0.05) is 35.0 Å². The van der Waals surface area contributed by atoms with Gasteiger partial charge in [-0.15, -0.1) is 0 Å². The number of hydrogen-bond acceptors (Lipinski definition) is 4. The summed E-state index contributed by atoms with van der Waals surface area (Å²) in [5.41, 5.74) is 0.987. The number of halogens is 1. The van der Waals surface area contributed by atoms with E-state index in [0.717, 1.165) is 18.0 Å². The number of thioether (sulfide) groups is 1. The Morgan fingerprint density at radius 3 is 2.76 bits per heavy atom. The van der Waals surface area contributed by atoms with Crippen molar-refractivity contribution < 1.29 is 8.42 Å². The topological polar surface area (TPSA) is 46.2 Å². The van der Waals surface area contributed by atoms with Crippen molar-refractivity contribution in [3.63, 3.8) is 0 Å². The molecule has 3 nitrogen and oxygen atoms in total. The molecule has 0 aliphatic carbocycles. The molecule has 17 heavy (non-hydrogen) atoms. The third-order valence-electron chi connectivity index (χ3n) is 2.00. The largest absolute Gasteiger partial charge is 0.384 e. The average Bonchev–Trinajstić information content (AvgIpc) is 2.22. The predicted octanol–water partition coefficient (Wildman–Crippen LogP) is 2.53. The van der Waals surface area contributed by atoms with Crippen LogP contribution in [0.3, 0.4) is 0 Å². The van der Waals surface area contributed by atoms with Crippen molar-refractivity contribution in [2.24, 2.45) is 0 Å². The lowest BCUT2D eigenvalue weighted by molar-refractivity contribution is 0.603. The Kier molecular flexibility index (Phi) is 6.16. The normalized spacial score (nSPS) is 11.4. The number of nitrogens with one attached hydrogen (secondary N) is 1. The fourth-order valence-electron chi connectivity index (χ4n) is 1.18. The zero-order valence-electron chi connectivity index (χ0n) is 9.65. The van der Waals surface area contributed by atoms with E-state index < -0.39 is 9.84 Å². The minimum atomic E-state index is -2.83. The molecule has 0 bridgehead atoms. The van der Waals surface area contributed by atoms with Gasteiger partial charge >= 0.3 is 0 Å². The van der Waals surface area contributed by atoms with Crippen LogP contribution < -0.4 is 5.32 Å². The van der Waals surface area contributed by atoms with Gasteiger partial charge in [-0.2, -0.15) is 11.8 Å². The predicted molar refractivity (Wildman–Crippen MR) is 77.0 cm³/mol. The highest BCUT2D eigenvalue weighted by Crippen LogP contribution is 2.14. The summed E-state index contributed by atoms with van der Waals surface area (Å²) < 4.78 is 21.8. The van der Waals surface area contributed by atoms with Crippen molar-refractivity contribution in [1.29, 1.82) is 0 Å². The smallest absolute Gasteiger partial charge is 0.148 e. The van der Waals surface area contributed by atoms with Gasteiger partial charge in [-0.3, -0.25) is 0 Å².